The fraction of sp³-hybridized carbons (Fsp3) is 0.429. The molecule has 0 spiro atoms. The zero-order valence-corrected chi connectivity index (χ0v) is 13.1. The summed E-state index contributed by atoms with van der Waals surface area (Å²) in [7, 11) is 1.79. The van der Waals surface area contributed by atoms with Gasteiger partial charge in [0, 0.05) is 25.6 Å². The van der Waals surface area contributed by atoms with Gasteiger partial charge in [-0.25, -0.2) is 4.68 Å². The Labute approximate surface area is 133 Å². The van der Waals surface area contributed by atoms with E-state index in [9.17, 15) is 4.79 Å². The molecule has 1 aromatic heterocycles. The minimum atomic E-state index is -0.0723. The number of anilines is 1. The molecule has 116 valence electrons. The van der Waals surface area contributed by atoms with Crippen LogP contribution in [0.3, 0.4) is 0 Å². The number of carbonyl (C=O) groups is 1. The standard InChI is InChI=1S/C14H17N5O2S/c1-19-14(16-17-18-19)12(22)6-7-21-10-3-4-11-9(8-10)2-5-13(20)15-11/h3-4,8,12,22H,2,5-7H2,1H3,(H,15,20). The van der Waals surface area contributed by atoms with Crippen molar-refractivity contribution < 1.29 is 9.53 Å². The number of nitrogens with one attached hydrogen (secondary N) is 1. The Balaban J connectivity index is 1.56. The summed E-state index contributed by atoms with van der Waals surface area (Å²) in [5, 5.41) is 14.1. The van der Waals surface area contributed by atoms with E-state index in [2.05, 4.69) is 33.5 Å². The van der Waals surface area contributed by atoms with Crippen LogP contribution in [0.1, 0.15) is 29.5 Å². The molecule has 0 aliphatic carbocycles. The summed E-state index contributed by atoms with van der Waals surface area (Å²) in [6, 6.07) is 5.72. The Morgan fingerprint density at radius 2 is 2.32 bits per heavy atom. The third-order valence-corrected chi connectivity index (χ3v) is 4.07. The number of fused-ring (bicyclic) bond motifs is 1. The predicted molar refractivity (Wildman–Crippen MR) is 84.0 cm³/mol. The summed E-state index contributed by atoms with van der Waals surface area (Å²) in [5.74, 6) is 1.59. The van der Waals surface area contributed by atoms with Gasteiger partial charge in [0.15, 0.2) is 5.82 Å². The van der Waals surface area contributed by atoms with Gasteiger partial charge in [-0.15, -0.1) is 5.10 Å². The van der Waals surface area contributed by atoms with E-state index in [0.29, 0.717) is 19.4 Å². The fourth-order valence-electron chi connectivity index (χ4n) is 2.39. The van der Waals surface area contributed by atoms with Gasteiger partial charge >= 0.3 is 0 Å². The van der Waals surface area contributed by atoms with Crippen LogP contribution >= 0.6 is 12.6 Å². The maximum absolute atomic E-state index is 11.3. The van der Waals surface area contributed by atoms with E-state index in [1.54, 1.807) is 11.7 Å². The number of hydrogen-bond acceptors (Lipinski definition) is 6. The molecule has 7 nitrogen and oxygen atoms in total. The molecule has 0 bridgehead atoms. The summed E-state index contributed by atoms with van der Waals surface area (Å²) in [5.41, 5.74) is 1.98. The van der Waals surface area contributed by atoms with Gasteiger partial charge in [0.2, 0.25) is 5.91 Å². The van der Waals surface area contributed by atoms with Crippen LogP contribution in [0.25, 0.3) is 0 Å². The minimum Gasteiger partial charge on any atom is -0.494 e. The molecule has 0 saturated carbocycles. The van der Waals surface area contributed by atoms with Crippen LogP contribution in [0.2, 0.25) is 0 Å². The number of benzene rings is 1. The summed E-state index contributed by atoms with van der Waals surface area (Å²) >= 11 is 4.50. The van der Waals surface area contributed by atoms with Crippen molar-refractivity contribution in [3.8, 4) is 5.75 Å². The van der Waals surface area contributed by atoms with Gasteiger partial charge in [-0.2, -0.15) is 12.6 Å². The topological polar surface area (TPSA) is 81.9 Å². The number of nitrogens with zero attached hydrogens (tertiary/aromatic N) is 4. The molecular weight excluding hydrogens is 302 g/mol. The second-order valence-corrected chi connectivity index (χ2v) is 5.80. The molecule has 1 aromatic carbocycles. The first-order valence-electron chi connectivity index (χ1n) is 7.09. The largest absolute Gasteiger partial charge is 0.494 e. The SMILES string of the molecule is Cn1nnnc1C(S)CCOc1ccc2c(c1)CCC(=O)N2. The lowest BCUT2D eigenvalue weighted by molar-refractivity contribution is -0.116. The third kappa shape index (κ3) is 3.22. The molecule has 0 fully saturated rings. The van der Waals surface area contributed by atoms with Gasteiger partial charge in [-0.3, -0.25) is 4.79 Å². The van der Waals surface area contributed by atoms with Crippen molar-refractivity contribution in [2.24, 2.45) is 7.05 Å². The van der Waals surface area contributed by atoms with Crippen LogP contribution in [-0.2, 0) is 18.3 Å². The molecule has 1 unspecified atom stereocenters. The molecule has 1 atom stereocenters. The highest BCUT2D eigenvalue weighted by Gasteiger charge is 2.16. The average Bonchev–Trinajstić information content (AvgIpc) is 2.93. The van der Waals surface area contributed by atoms with Crippen molar-refractivity contribution in [3.05, 3.63) is 29.6 Å². The Morgan fingerprint density at radius 1 is 1.45 bits per heavy atom. The Morgan fingerprint density at radius 3 is 3.09 bits per heavy atom. The van der Waals surface area contributed by atoms with Crippen LogP contribution in [0.15, 0.2) is 18.2 Å². The van der Waals surface area contributed by atoms with Gasteiger partial charge in [-0.05, 0) is 40.6 Å². The van der Waals surface area contributed by atoms with Crippen molar-refractivity contribution in [1.82, 2.24) is 20.2 Å². The zero-order chi connectivity index (χ0) is 15.5. The van der Waals surface area contributed by atoms with Gasteiger partial charge in [0.25, 0.3) is 0 Å². The van der Waals surface area contributed by atoms with Crippen LogP contribution in [-0.4, -0.2) is 32.7 Å². The molecule has 1 aliphatic rings. The highest BCUT2D eigenvalue weighted by Crippen LogP contribution is 2.27. The maximum Gasteiger partial charge on any atom is 0.224 e. The average molecular weight is 319 g/mol. The van der Waals surface area contributed by atoms with Crippen molar-refractivity contribution in [3.63, 3.8) is 0 Å². The smallest absolute Gasteiger partial charge is 0.224 e. The molecule has 0 saturated heterocycles. The molecule has 1 N–H and O–H groups in total. The second kappa shape index (κ2) is 6.35. The Kier molecular flexibility index (Phi) is 4.28. The second-order valence-electron chi connectivity index (χ2n) is 5.18. The van der Waals surface area contributed by atoms with Crippen LogP contribution in [0.5, 0.6) is 5.75 Å². The van der Waals surface area contributed by atoms with E-state index in [0.717, 1.165) is 29.2 Å². The Bertz CT molecular complexity index is 688. The molecular formula is C14H17N5O2S. The maximum atomic E-state index is 11.3. The van der Waals surface area contributed by atoms with Gasteiger partial charge < -0.3 is 10.1 Å². The third-order valence-electron chi connectivity index (χ3n) is 3.58. The number of carbonyl (C=O) groups excluding carboxylic acids is 1. The van der Waals surface area contributed by atoms with Gasteiger partial charge in [0.05, 0.1) is 11.9 Å². The van der Waals surface area contributed by atoms with Crippen LogP contribution in [0, 0.1) is 0 Å². The van der Waals surface area contributed by atoms with Crippen LogP contribution in [0.4, 0.5) is 5.69 Å². The van der Waals surface area contributed by atoms with Gasteiger partial charge in [0.1, 0.15) is 5.75 Å². The van der Waals surface area contributed by atoms with E-state index in [4.69, 9.17) is 4.74 Å². The molecule has 2 heterocycles. The number of rotatable bonds is 5. The lowest BCUT2D eigenvalue weighted by atomic mass is 10.0. The summed E-state index contributed by atoms with van der Waals surface area (Å²) in [4.78, 5) is 11.3. The first-order valence-corrected chi connectivity index (χ1v) is 7.61. The normalized spacial score (nSPS) is 15.1. The first kappa shape index (κ1) is 14.8. The van der Waals surface area contributed by atoms with Gasteiger partial charge in [-0.1, -0.05) is 0 Å². The molecule has 8 heteroatoms. The lowest BCUT2D eigenvalue weighted by Gasteiger charge is -2.18. The van der Waals surface area contributed by atoms with E-state index in [-0.39, 0.29) is 11.2 Å². The van der Waals surface area contributed by atoms with Crippen molar-refractivity contribution in [2.75, 3.05) is 11.9 Å². The Hall–Kier alpha value is -2.09. The van der Waals surface area contributed by atoms with E-state index < -0.39 is 0 Å². The summed E-state index contributed by atoms with van der Waals surface area (Å²) in [6.45, 7) is 0.520. The van der Waals surface area contributed by atoms with E-state index in [1.807, 2.05) is 18.2 Å². The summed E-state index contributed by atoms with van der Waals surface area (Å²) in [6.07, 6.45) is 1.97. The molecule has 1 amide bonds. The molecule has 3 rings (SSSR count). The number of tetrazole rings is 1. The molecule has 2 aromatic rings. The molecule has 1 aliphatic heterocycles. The highest BCUT2D eigenvalue weighted by atomic mass is 32.1. The minimum absolute atomic E-state index is 0.0661. The van der Waals surface area contributed by atoms with Crippen molar-refractivity contribution in [1.29, 1.82) is 0 Å². The van der Waals surface area contributed by atoms with Crippen LogP contribution < -0.4 is 10.1 Å². The summed E-state index contributed by atoms with van der Waals surface area (Å²) < 4.78 is 7.38. The fourth-order valence-corrected chi connectivity index (χ4v) is 2.71. The molecule has 22 heavy (non-hydrogen) atoms. The predicted octanol–water partition coefficient (Wildman–Crippen LogP) is 1.53. The monoisotopic (exact) mass is 319 g/mol. The first-order chi connectivity index (χ1) is 10.6. The number of ether oxygens (including phenoxy) is 1. The van der Waals surface area contributed by atoms with E-state index >= 15 is 0 Å². The van der Waals surface area contributed by atoms with E-state index in [1.165, 1.54) is 0 Å². The number of amides is 1. The number of aryl methyl sites for hydroxylation is 2. The van der Waals surface area contributed by atoms with Crippen molar-refractivity contribution >= 4 is 24.2 Å². The molecule has 0 radical (unpaired) electrons. The quantitative estimate of drug-likeness (QED) is 0.817. The number of aromatic nitrogens is 4. The van der Waals surface area contributed by atoms with Crippen molar-refractivity contribution in [2.45, 2.75) is 24.5 Å². The number of hydrogen-bond donors (Lipinski definition) is 2. The zero-order valence-electron chi connectivity index (χ0n) is 12.2. The lowest BCUT2D eigenvalue weighted by Crippen LogP contribution is -2.18. The highest BCUT2D eigenvalue weighted by molar-refractivity contribution is 7.80. The number of thiol groups is 1.